The maximum absolute atomic E-state index is 12.3. The number of nitrogens with zero attached hydrogens (tertiary/aromatic N) is 1. The van der Waals surface area contributed by atoms with E-state index >= 15 is 0 Å². The fraction of sp³-hybridized carbons (Fsp3) is 0.240. The summed E-state index contributed by atoms with van der Waals surface area (Å²) in [7, 11) is 0. The van der Waals surface area contributed by atoms with Crippen LogP contribution in [0.4, 0.5) is 16.2 Å². The van der Waals surface area contributed by atoms with E-state index in [-0.39, 0.29) is 18.6 Å². The number of allylic oxidation sites excluding steroid dienone is 2. The summed E-state index contributed by atoms with van der Waals surface area (Å²) in [4.78, 5) is 28.3. The quantitative estimate of drug-likeness (QED) is 0.300. The van der Waals surface area contributed by atoms with Crippen LogP contribution in [0.25, 0.3) is 0 Å². The summed E-state index contributed by atoms with van der Waals surface area (Å²) < 4.78 is 5.24. The normalized spacial score (nSPS) is 12.0. The minimum absolute atomic E-state index is 0.0200. The number of rotatable bonds is 8. The van der Waals surface area contributed by atoms with E-state index < -0.39 is 6.09 Å². The molecule has 4 N–H and O–H groups in total. The van der Waals surface area contributed by atoms with Gasteiger partial charge in [-0.1, -0.05) is 56.9 Å². The minimum Gasteiger partial charge on any atom is -0.445 e. The number of nitrogen functional groups attached to an aromatic ring is 1. The Morgan fingerprint density at radius 2 is 1.91 bits per heavy atom. The van der Waals surface area contributed by atoms with Gasteiger partial charge in [0.25, 0.3) is 5.91 Å². The van der Waals surface area contributed by atoms with E-state index in [9.17, 15) is 9.59 Å². The molecule has 0 bridgehead atoms. The third-order valence-electron chi connectivity index (χ3n) is 4.27. The topological polar surface area (TPSA) is 106 Å². The molecule has 1 unspecified atom stereocenters. The number of ether oxygens (including phenoxy) is 1. The van der Waals surface area contributed by atoms with Gasteiger partial charge in [-0.2, -0.15) is 0 Å². The van der Waals surface area contributed by atoms with Crippen molar-refractivity contribution in [3.8, 4) is 0 Å². The molecule has 7 nitrogen and oxygen atoms in total. The summed E-state index contributed by atoms with van der Waals surface area (Å²) in [5.41, 5.74) is 8.85. The van der Waals surface area contributed by atoms with Crippen LogP contribution >= 0.6 is 0 Å². The average molecular weight is 437 g/mol. The van der Waals surface area contributed by atoms with Gasteiger partial charge in [-0.3, -0.25) is 9.78 Å². The number of alkyl carbamates (subject to hydrolysis) is 1. The summed E-state index contributed by atoms with van der Waals surface area (Å²) in [5.74, 6) is -0.281. The summed E-state index contributed by atoms with van der Waals surface area (Å²) in [6.07, 6.45) is 7.66. The number of hydrogen-bond acceptors (Lipinski definition) is 5. The Hall–Kier alpha value is -3.87. The highest BCUT2D eigenvalue weighted by molar-refractivity contribution is 6.05. The number of pyridine rings is 1. The first-order chi connectivity index (χ1) is 15.4. The number of amides is 2. The van der Waals surface area contributed by atoms with Gasteiger partial charge in [0.2, 0.25) is 0 Å². The highest BCUT2D eigenvalue weighted by Gasteiger charge is 2.11. The molecule has 0 fully saturated rings. The number of anilines is 2. The Labute approximate surface area is 190 Å². The first kappa shape index (κ1) is 26.2. The summed E-state index contributed by atoms with van der Waals surface area (Å²) >= 11 is 0. The van der Waals surface area contributed by atoms with Crippen molar-refractivity contribution in [2.24, 2.45) is 0 Å². The van der Waals surface area contributed by atoms with Gasteiger partial charge in [0.1, 0.15) is 6.61 Å². The lowest BCUT2D eigenvalue weighted by molar-refractivity contribution is -0.112. The Morgan fingerprint density at radius 3 is 2.53 bits per heavy atom. The zero-order valence-electron chi connectivity index (χ0n) is 19.1. The van der Waals surface area contributed by atoms with E-state index in [4.69, 9.17) is 10.5 Å². The van der Waals surface area contributed by atoms with E-state index in [2.05, 4.69) is 22.2 Å². The lowest BCUT2D eigenvalue weighted by atomic mass is 10.1. The van der Waals surface area contributed by atoms with Gasteiger partial charge in [0, 0.05) is 18.0 Å². The Morgan fingerprint density at radius 1 is 1.19 bits per heavy atom. The number of para-hydroxylation sites is 2. The van der Waals surface area contributed by atoms with Crippen molar-refractivity contribution >= 4 is 23.4 Å². The van der Waals surface area contributed by atoms with Crippen molar-refractivity contribution in [1.29, 1.82) is 0 Å². The molecule has 0 saturated carbocycles. The van der Waals surface area contributed by atoms with Gasteiger partial charge >= 0.3 is 6.09 Å². The second-order valence-electron chi connectivity index (χ2n) is 6.57. The molecule has 0 radical (unpaired) electrons. The fourth-order valence-corrected chi connectivity index (χ4v) is 2.40. The van der Waals surface area contributed by atoms with E-state index in [1.807, 2.05) is 26.8 Å². The summed E-state index contributed by atoms with van der Waals surface area (Å²) in [6, 6.07) is 10.5. The summed E-state index contributed by atoms with van der Waals surface area (Å²) in [6.45, 7) is 11.3. The van der Waals surface area contributed by atoms with Crippen molar-refractivity contribution in [2.45, 2.75) is 33.7 Å². The molecule has 2 aromatic rings. The van der Waals surface area contributed by atoms with Crippen LogP contribution in [0.3, 0.4) is 0 Å². The average Bonchev–Trinajstić information content (AvgIpc) is 2.82. The molecule has 170 valence electrons. The van der Waals surface area contributed by atoms with Gasteiger partial charge in [0.15, 0.2) is 0 Å². The first-order valence-electron chi connectivity index (χ1n) is 10.4. The number of carbonyl (C=O) groups is 2. The number of aromatic nitrogens is 1. The number of hydrogen-bond donors (Lipinski definition) is 3. The molecule has 1 aromatic heterocycles. The van der Waals surface area contributed by atoms with Crippen LogP contribution in [-0.2, 0) is 9.53 Å². The first-order valence-corrected chi connectivity index (χ1v) is 10.4. The van der Waals surface area contributed by atoms with Gasteiger partial charge in [-0.15, -0.1) is 0 Å². The molecule has 2 rings (SSSR count). The van der Waals surface area contributed by atoms with Crippen molar-refractivity contribution in [2.75, 3.05) is 17.7 Å². The highest BCUT2D eigenvalue weighted by Crippen LogP contribution is 2.17. The number of carbonyl (C=O) groups excluding carboxylic acids is 2. The molecule has 2 amide bonds. The second-order valence-corrected chi connectivity index (χ2v) is 6.57. The smallest absolute Gasteiger partial charge is 0.407 e. The molecule has 0 aliphatic carbocycles. The molecule has 0 aliphatic heterocycles. The van der Waals surface area contributed by atoms with E-state index in [0.717, 1.165) is 5.56 Å². The Balaban J connectivity index is 0.00000249. The fourth-order valence-electron chi connectivity index (χ4n) is 2.40. The SMILES string of the molecule is C=C/C(=C\C=C(/C)C(=O)Nc1ccccc1N)COC(=O)NC(C)c1cccnc1.CC. The monoisotopic (exact) mass is 436 g/mol. The largest absolute Gasteiger partial charge is 0.445 e. The van der Waals surface area contributed by atoms with E-state index in [1.54, 1.807) is 67.9 Å². The van der Waals surface area contributed by atoms with Crippen LogP contribution in [0, 0.1) is 0 Å². The predicted molar refractivity (Wildman–Crippen MR) is 130 cm³/mol. The molecule has 7 heteroatoms. The van der Waals surface area contributed by atoms with Crippen molar-refractivity contribution < 1.29 is 14.3 Å². The third kappa shape index (κ3) is 8.87. The molecular weight excluding hydrogens is 404 g/mol. The van der Waals surface area contributed by atoms with Gasteiger partial charge < -0.3 is 21.1 Å². The van der Waals surface area contributed by atoms with Crippen molar-refractivity contribution in [1.82, 2.24) is 10.3 Å². The van der Waals surface area contributed by atoms with Crippen LogP contribution in [-0.4, -0.2) is 23.6 Å². The zero-order valence-corrected chi connectivity index (χ0v) is 19.1. The Kier molecular flexibility index (Phi) is 11.6. The van der Waals surface area contributed by atoms with E-state index in [0.29, 0.717) is 22.5 Å². The minimum atomic E-state index is -0.558. The Bertz CT molecular complexity index is 953. The maximum atomic E-state index is 12.3. The number of nitrogens with one attached hydrogen (secondary N) is 2. The molecule has 1 aromatic carbocycles. The number of nitrogens with two attached hydrogens (primary N) is 1. The molecule has 0 spiro atoms. The molecule has 0 aliphatic rings. The lowest BCUT2D eigenvalue weighted by Crippen LogP contribution is -2.27. The van der Waals surface area contributed by atoms with Crippen LogP contribution in [0.2, 0.25) is 0 Å². The number of benzene rings is 1. The molecule has 0 saturated heterocycles. The molecule has 32 heavy (non-hydrogen) atoms. The zero-order chi connectivity index (χ0) is 23.9. The highest BCUT2D eigenvalue weighted by atomic mass is 16.5. The van der Waals surface area contributed by atoms with E-state index in [1.165, 1.54) is 0 Å². The maximum Gasteiger partial charge on any atom is 0.407 e. The lowest BCUT2D eigenvalue weighted by Gasteiger charge is -2.14. The molecule has 1 heterocycles. The summed E-state index contributed by atoms with van der Waals surface area (Å²) in [5, 5.41) is 5.49. The molecule has 1 atom stereocenters. The third-order valence-corrected chi connectivity index (χ3v) is 4.27. The van der Waals surface area contributed by atoms with Crippen LogP contribution < -0.4 is 16.4 Å². The van der Waals surface area contributed by atoms with Gasteiger partial charge in [-0.25, -0.2) is 4.79 Å². The standard InChI is InChI=1S/C23H26N4O3.C2H6/c1-4-18(15-30-23(29)26-17(3)19-8-7-13-25-14-19)12-11-16(2)22(28)27-21-10-6-5-9-20(21)24;1-2/h4-14,17H,1,15,24H2,2-3H3,(H,26,29)(H,27,28);1-2H3/b16-11+,18-12+;. The van der Waals surface area contributed by atoms with Crippen molar-refractivity contribution in [3.63, 3.8) is 0 Å². The van der Waals surface area contributed by atoms with Gasteiger partial charge in [0.05, 0.1) is 17.4 Å². The van der Waals surface area contributed by atoms with Crippen LogP contribution in [0.5, 0.6) is 0 Å². The second kappa shape index (κ2) is 14.2. The van der Waals surface area contributed by atoms with Crippen molar-refractivity contribution in [3.05, 3.63) is 90.3 Å². The molecular formula is C25H32N4O3. The predicted octanol–water partition coefficient (Wildman–Crippen LogP) is 5.17. The van der Waals surface area contributed by atoms with Crippen LogP contribution in [0.15, 0.2) is 84.7 Å². The van der Waals surface area contributed by atoms with Crippen LogP contribution in [0.1, 0.15) is 39.3 Å². The van der Waals surface area contributed by atoms with Gasteiger partial charge in [-0.05, 0) is 43.2 Å².